The molecule has 2 heterocycles. The second-order valence-corrected chi connectivity index (χ2v) is 5.01. The number of imidazole rings is 1. The standard InChI is InChI=1S/C16H15N5O3/c1-9-19-14-11(5-6-17-15(14)20-9)16(23)21-18-8-10-3-4-12(22)13(7-10)24-2/h3-8,22H,1-2H3,(H,21,23)(H,17,19,20)/b18-8-. The van der Waals surface area contributed by atoms with Crippen LogP contribution in [0.1, 0.15) is 21.7 Å². The number of carbonyl (C=O) groups is 1. The molecule has 3 aromatic rings. The van der Waals surface area contributed by atoms with Crippen LogP contribution in [0.4, 0.5) is 0 Å². The second-order valence-electron chi connectivity index (χ2n) is 5.01. The molecular formula is C16H15N5O3. The lowest BCUT2D eigenvalue weighted by atomic mass is 10.2. The number of amides is 1. The molecule has 3 rings (SSSR count). The SMILES string of the molecule is COc1cc(/C=N\NC(=O)c2ccnc3nc(C)[nH]c23)ccc1O. The van der Waals surface area contributed by atoms with Gasteiger partial charge in [-0.2, -0.15) is 5.10 Å². The minimum absolute atomic E-state index is 0.0347. The number of pyridine rings is 1. The maximum absolute atomic E-state index is 12.3. The largest absolute Gasteiger partial charge is 0.504 e. The molecule has 122 valence electrons. The van der Waals surface area contributed by atoms with Crippen molar-refractivity contribution in [1.29, 1.82) is 0 Å². The number of H-pyrrole nitrogens is 1. The van der Waals surface area contributed by atoms with Crippen LogP contribution in [0.2, 0.25) is 0 Å². The van der Waals surface area contributed by atoms with E-state index in [-0.39, 0.29) is 11.7 Å². The number of hydrogen-bond acceptors (Lipinski definition) is 6. The number of aromatic amines is 1. The van der Waals surface area contributed by atoms with Gasteiger partial charge in [0.25, 0.3) is 5.91 Å². The van der Waals surface area contributed by atoms with Gasteiger partial charge in [-0.1, -0.05) is 0 Å². The number of methoxy groups -OCH3 is 1. The van der Waals surface area contributed by atoms with E-state index in [9.17, 15) is 9.90 Å². The zero-order chi connectivity index (χ0) is 17.1. The third-order valence-corrected chi connectivity index (χ3v) is 3.34. The number of phenols is 1. The number of nitrogens with one attached hydrogen (secondary N) is 2. The van der Waals surface area contributed by atoms with Crippen LogP contribution in [0.5, 0.6) is 11.5 Å². The van der Waals surface area contributed by atoms with Gasteiger partial charge in [0, 0.05) is 6.20 Å². The van der Waals surface area contributed by atoms with Crippen molar-refractivity contribution in [3.8, 4) is 11.5 Å². The van der Waals surface area contributed by atoms with Crippen molar-refractivity contribution in [2.24, 2.45) is 5.10 Å². The number of aromatic hydroxyl groups is 1. The molecule has 0 aliphatic heterocycles. The van der Waals surface area contributed by atoms with Gasteiger partial charge in [-0.15, -0.1) is 0 Å². The number of aromatic nitrogens is 3. The minimum atomic E-state index is -0.381. The maximum Gasteiger partial charge on any atom is 0.273 e. The quantitative estimate of drug-likeness (QED) is 0.499. The Kier molecular flexibility index (Phi) is 4.11. The molecular weight excluding hydrogens is 310 g/mol. The summed E-state index contributed by atoms with van der Waals surface area (Å²) in [7, 11) is 1.46. The highest BCUT2D eigenvalue weighted by atomic mass is 16.5. The summed E-state index contributed by atoms with van der Waals surface area (Å²) in [5, 5.41) is 13.5. The zero-order valence-electron chi connectivity index (χ0n) is 13.1. The Morgan fingerprint density at radius 3 is 3.04 bits per heavy atom. The number of hydrazone groups is 1. The molecule has 0 saturated heterocycles. The van der Waals surface area contributed by atoms with E-state index in [1.165, 1.54) is 25.6 Å². The van der Waals surface area contributed by atoms with E-state index >= 15 is 0 Å². The van der Waals surface area contributed by atoms with E-state index in [0.29, 0.717) is 33.9 Å². The van der Waals surface area contributed by atoms with Crippen LogP contribution < -0.4 is 10.2 Å². The third kappa shape index (κ3) is 3.02. The predicted octanol–water partition coefficient (Wildman–Crippen LogP) is 1.74. The van der Waals surface area contributed by atoms with E-state index in [4.69, 9.17) is 4.74 Å². The van der Waals surface area contributed by atoms with Crippen LogP contribution in [0, 0.1) is 6.92 Å². The Balaban J connectivity index is 1.77. The van der Waals surface area contributed by atoms with Gasteiger partial charge in [-0.05, 0) is 36.8 Å². The van der Waals surface area contributed by atoms with E-state index in [1.54, 1.807) is 25.1 Å². The fourth-order valence-corrected chi connectivity index (χ4v) is 2.22. The molecule has 8 heteroatoms. The average Bonchev–Trinajstić information content (AvgIpc) is 2.96. The first kappa shape index (κ1) is 15.5. The maximum atomic E-state index is 12.3. The van der Waals surface area contributed by atoms with Crippen LogP contribution >= 0.6 is 0 Å². The van der Waals surface area contributed by atoms with Crippen molar-refractivity contribution in [2.45, 2.75) is 6.92 Å². The summed E-state index contributed by atoms with van der Waals surface area (Å²) in [4.78, 5) is 23.6. The number of phenolic OH excluding ortho intramolecular Hbond substituents is 1. The van der Waals surface area contributed by atoms with Crippen molar-refractivity contribution in [2.75, 3.05) is 7.11 Å². The highest BCUT2D eigenvalue weighted by molar-refractivity contribution is 6.04. The van der Waals surface area contributed by atoms with Gasteiger partial charge >= 0.3 is 0 Å². The van der Waals surface area contributed by atoms with Gasteiger partial charge in [0.15, 0.2) is 17.1 Å². The molecule has 24 heavy (non-hydrogen) atoms. The molecule has 2 aromatic heterocycles. The number of hydrogen-bond donors (Lipinski definition) is 3. The number of fused-ring (bicyclic) bond motifs is 1. The molecule has 0 fully saturated rings. The molecule has 0 aliphatic rings. The molecule has 0 spiro atoms. The second kappa shape index (κ2) is 6.37. The Hall–Kier alpha value is -3.42. The van der Waals surface area contributed by atoms with Gasteiger partial charge in [0.1, 0.15) is 5.82 Å². The van der Waals surface area contributed by atoms with Gasteiger partial charge in [0.05, 0.1) is 24.4 Å². The number of rotatable bonds is 4. The van der Waals surface area contributed by atoms with E-state index in [0.717, 1.165) is 0 Å². The fraction of sp³-hybridized carbons (Fsp3) is 0.125. The lowest BCUT2D eigenvalue weighted by Gasteiger charge is -2.03. The molecule has 0 radical (unpaired) electrons. The highest BCUT2D eigenvalue weighted by Crippen LogP contribution is 2.25. The predicted molar refractivity (Wildman–Crippen MR) is 88.3 cm³/mol. The molecule has 0 unspecified atom stereocenters. The summed E-state index contributed by atoms with van der Waals surface area (Å²) < 4.78 is 5.02. The average molecular weight is 325 g/mol. The van der Waals surface area contributed by atoms with Gasteiger partial charge < -0.3 is 14.8 Å². The molecule has 1 amide bonds. The minimum Gasteiger partial charge on any atom is -0.504 e. The lowest BCUT2D eigenvalue weighted by molar-refractivity contribution is 0.0956. The van der Waals surface area contributed by atoms with Crippen molar-refractivity contribution in [3.63, 3.8) is 0 Å². The van der Waals surface area contributed by atoms with Gasteiger partial charge in [-0.3, -0.25) is 4.79 Å². The molecule has 1 aromatic carbocycles. The number of aryl methyl sites for hydroxylation is 1. The fourth-order valence-electron chi connectivity index (χ4n) is 2.22. The van der Waals surface area contributed by atoms with Crippen LogP contribution in [0.25, 0.3) is 11.2 Å². The molecule has 0 saturated carbocycles. The summed E-state index contributed by atoms with van der Waals surface area (Å²) >= 11 is 0. The van der Waals surface area contributed by atoms with Crippen molar-refractivity contribution in [1.82, 2.24) is 20.4 Å². The first-order valence-electron chi connectivity index (χ1n) is 7.10. The monoisotopic (exact) mass is 325 g/mol. The van der Waals surface area contributed by atoms with Gasteiger partial charge in [-0.25, -0.2) is 15.4 Å². The number of carbonyl (C=O) groups excluding carboxylic acids is 1. The summed E-state index contributed by atoms with van der Waals surface area (Å²) in [6.45, 7) is 1.79. The number of ether oxygens (including phenoxy) is 1. The van der Waals surface area contributed by atoms with E-state index in [2.05, 4.69) is 25.5 Å². The number of nitrogens with zero attached hydrogens (tertiary/aromatic N) is 3. The van der Waals surface area contributed by atoms with Crippen LogP contribution in [0.15, 0.2) is 35.6 Å². The van der Waals surface area contributed by atoms with Gasteiger partial charge in [0.2, 0.25) is 0 Å². The normalized spacial score (nSPS) is 11.1. The van der Waals surface area contributed by atoms with Crippen LogP contribution in [0.3, 0.4) is 0 Å². The Bertz CT molecular complexity index is 933. The molecule has 0 bridgehead atoms. The third-order valence-electron chi connectivity index (χ3n) is 3.34. The zero-order valence-corrected chi connectivity index (χ0v) is 13.1. The topological polar surface area (TPSA) is 112 Å². The summed E-state index contributed by atoms with van der Waals surface area (Å²) in [5.41, 5.74) is 4.57. The smallest absolute Gasteiger partial charge is 0.273 e. The highest BCUT2D eigenvalue weighted by Gasteiger charge is 2.12. The summed E-state index contributed by atoms with van der Waals surface area (Å²) in [5.74, 6) is 0.659. The molecule has 0 atom stereocenters. The van der Waals surface area contributed by atoms with E-state index < -0.39 is 0 Å². The number of benzene rings is 1. The Morgan fingerprint density at radius 1 is 1.42 bits per heavy atom. The first-order chi connectivity index (χ1) is 11.6. The first-order valence-corrected chi connectivity index (χ1v) is 7.10. The molecule has 0 aliphatic carbocycles. The summed E-state index contributed by atoms with van der Waals surface area (Å²) in [6, 6.07) is 6.33. The lowest BCUT2D eigenvalue weighted by Crippen LogP contribution is -2.18. The molecule has 3 N–H and O–H groups in total. The van der Waals surface area contributed by atoms with Crippen molar-refractivity contribution >= 4 is 23.3 Å². The van der Waals surface area contributed by atoms with Crippen LogP contribution in [-0.4, -0.2) is 39.3 Å². The van der Waals surface area contributed by atoms with Crippen LogP contribution in [-0.2, 0) is 0 Å². The van der Waals surface area contributed by atoms with Crippen molar-refractivity contribution < 1.29 is 14.6 Å². The Labute approximate surface area is 137 Å². The van der Waals surface area contributed by atoms with E-state index in [1.807, 2.05) is 0 Å². The summed E-state index contributed by atoms with van der Waals surface area (Å²) in [6.07, 6.45) is 2.97. The van der Waals surface area contributed by atoms with Crippen molar-refractivity contribution in [3.05, 3.63) is 47.4 Å². The molecule has 8 nitrogen and oxygen atoms in total. The Morgan fingerprint density at radius 2 is 2.25 bits per heavy atom.